The molecule has 0 aromatic heterocycles. The van der Waals surface area contributed by atoms with E-state index in [0.29, 0.717) is 0 Å². The first kappa shape index (κ1) is 10.3. The summed E-state index contributed by atoms with van der Waals surface area (Å²) >= 11 is 2.06. The molecule has 0 aliphatic carbocycles. The van der Waals surface area contributed by atoms with E-state index in [1.54, 1.807) is 0 Å². The number of nitrogens with zero attached hydrogens (tertiary/aromatic N) is 1. The average Bonchev–Trinajstić information content (AvgIpc) is 1.98. The molecule has 0 radical (unpaired) electrons. The number of hydrogen-bond donors (Lipinski definition) is 0. The van der Waals surface area contributed by atoms with Gasteiger partial charge in [0, 0.05) is 12.3 Å². The molecule has 0 N–H and O–H groups in total. The van der Waals surface area contributed by atoms with Crippen LogP contribution in [0.4, 0.5) is 0 Å². The lowest BCUT2D eigenvalue weighted by Gasteiger charge is -2.12. The molecular formula is C8H19NS. The summed E-state index contributed by atoms with van der Waals surface area (Å²) in [4.78, 5) is 2.35. The fourth-order valence-electron chi connectivity index (χ4n) is 0.625. The normalized spacial score (nSPS) is 10.8. The van der Waals surface area contributed by atoms with Crippen molar-refractivity contribution in [3.05, 3.63) is 0 Å². The lowest BCUT2D eigenvalue weighted by atomic mass is 10.6. The smallest absolute Gasteiger partial charge is 0.00692 e. The molecule has 62 valence electrons. The second kappa shape index (κ2) is 7.42. The Morgan fingerprint density at radius 3 is 2.40 bits per heavy atom. The van der Waals surface area contributed by atoms with E-state index in [2.05, 4.69) is 37.6 Å². The summed E-state index contributed by atoms with van der Waals surface area (Å²) in [5.74, 6) is 2.61. The van der Waals surface area contributed by atoms with Crippen molar-refractivity contribution in [1.29, 1.82) is 0 Å². The van der Waals surface area contributed by atoms with Gasteiger partial charge in [0.25, 0.3) is 0 Å². The largest absolute Gasteiger partial charge is 0.306 e. The van der Waals surface area contributed by atoms with Crippen molar-refractivity contribution in [1.82, 2.24) is 4.90 Å². The Morgan fingerprint density at radius 1 is 1.20 bits per heavy atom. The monoisotopic (exact) mass is 161 g/mol. The van der Waals surface area contributed by atoms with E-state index < -0.39 is 0 Å². The van der Waals surface area contributed by atoms with Gasteiger partial charge in [-0.1, -0.05) is 13.8 Å². The van der Waals surface area contributed by atoms with Gasteiger partial charge in [-0.2, -0.15) is 11.8 Å². The first-order chi connectivity index (χ1) is 4.81. The highest BCUT2D eigenvalue weighted by molar-refractivity contribution is 7.99. The Kier molecular flexibility index (Phi) is 7.65. The molecule has 0 aliphatic heterocycles. The Morgan fingerprint density at radius 2 is 1.90 bits per heavy atom. The minimum Gasteiger partial charge on any atom is -0.306 e. The molecule has 0 saturated heterocycles. The van der Waals surface area contributed by atoms with Crippen molar-refractivity contribution in [3.8, 4) is 0 Å². The van der Waals surface area contributed by atoms with Crippen LogP contribution in [0.3, 0.4) is 0 Å². The summed E-state index contributed by atoms with van der Waals surface area (Å²) in [6.07, 6.45) is 1.31. The van der Waals surface area contributed by atoms with Gasteiger partial charge in [0.05, 0.1) is 0 Å². The minimum atomic E-state index is 1.17. The van der Waals surface area contributed by atoms with Crippen molar-refractivity contribution in [2.75, 3.05) is 31.6 Å². The second-order valence-electron chi connectivity index (χ2n) is 2.51. The van der Waals surface area contributed by atoms with Gasteiger partial charge in [0.1, 0.15) is 0 Å². The van der Waals surface area contributed by atoms with Crippen LogP contribution in [-0.4, -0.2) is 36.5 Å². The van der Waals surface area contributed by atoms with Gasteiger partial charge in [-0.05, 0) is 25.8 Å². The van der Waals surface area contributed by atoms with Gasteiger partial charge in [0.2, 0.25) is 0 Å². The molecule has 0 fully saturated rings. The van der Waals surface area contributed by atoms with Crippen molar-refractivity contribution >= 4 is 11.8 Å². The van der Waals surface area contributed by atoms with Crippen LogP contribution in [0, 0.1) is 0 Å². The summed E-state index contributed by atoms with van der Waals surface area (Å²) < 4.78 is 0. The van der Waals surface area contributed by atoms with Crippen molar-refractivity contribution < 1.29 is 0 Å². The van der Waals surface area contributed by atoms with Crippen LogP contribution in [-0.2, 0) is 0 Å². The van der Waals surface area contributed by atoms with Gasteiger partial charge >= 0.3 is 0 Å². The van der Waals surface area contributed by atoms with E-state index in [4.69, 9.17) is 0 Å². The van der Waals surface area contributed by atoms with Gasteiger partial charge in [-0.3, -0.25) is 0 Å². The van der Waals surface area contributed by atoms with Gasteiger partial charge in [0.15, 0.2) is 0 Å². The minimum absolute atomic E-state index is 1.17. The molecule has 0 bridgehead atoms. The third-order valence-corrected chi connectivity index (χ3v) is 2.67. The van der Waals surface area contributed by atoms with Gasteiger partial charge in [-0.15, -0.1) is 0 Å². The van der Waals surface area contributed by atoms with E-state index in [9.17, 15) is 0 Å². The number of hydrogen-bond acceptors (Lipinski definition) is 2. The van der Waals surface area contributed by atoms with E-state index in [-0.39, 0.29) is 0 Å². The van der Waals surface area contributed by atoms with E-state index >= 15 is 0 Å². The topological polar surface area (TPSA) is 3.24 Å². The molecule has 0 aromatic rings. The summed E-state index contributed by atoms with van der Waals surface area (Å²) in [6.45, 7) is 6.84. The number of rotatable bonds is 6. The first-order valence-corrected chi connectivity index (χ1v) is 5.23. The first-order valence-electron chi connectivity index (χ1n) is 4.07. The quantitative estimate of drug-likeness (QED) is 0.549. The molecule has 0 aromatic carbocycles. The highest BCUT2D eigenvalue weighted by Gasteiger charge is 1.92. The molecule has 1 nitrogen and oxygen atoms in total. The fourth-order valence-corrected chi connectivity index (χ4v) is 1.56. The van der Waals surface area contributed by atoms with E-state index in [1.165, 1.54) is 31.0 Å². The predicted octanol–water partition coefficient (Wildman–Crippen LogP) is 2.08. The molecule has 0 aliphatic rings. The average molecular weight is 161 g/mol. The van der Waals surface area contributed by atoms with Crippen LogP contribution in [0.15, 0.2) is 0 Å². The zero-order valence-electron chi connectivity index (χ0n) is 7.39. The van der Waals surface area contributed by atoms with E-state index in [1.807, 2.05) is 0 Å². The molecule has 0 atom stereocenters. The second-order valence-corrected chi connectivity index (χ2v) is 3.73. The van der Waals surface area contributed by atoms with Crippen LogP contribution >= 0.6 is 11.8 Å². The molecule has 0 rings (SSSR count). The zero-order chi connectivity index (χ0) is 7.82. The van der Waals surface area contributed by atoms with Crippen LogP contribution in [0.2, 0.25) is 0 Å². The maximum Gasteiger partial charge on any atom is 0.00692 e. The van der Waals surface area contributed by atoms with E-state index in [0.717, 1.165) is 0 Å². The molecule has 0 amide bonds. The van der Waals surface area contributed by atoms with Crippen LogP contribution < -0.4 is 0 Å². The molecule has 2 heteroatoms. The fraction of sp³-hybridized carbons (Fsp3) is 1.00. The lowest BCUT2D eigenvalue weighted by molar-refractivity contribution is 0.376. The molecular weight excluding hydrogens is 142 g/mol. The van der Waals surface area contributed by atoms with Crippen LogP contribution in [0.1, 0.15) is 20.3 Å². The Labute approximate surface area is 69.2 Å². The van der Waals surface area contributed by atoms with Crippen LogP contribution in [0.25, 0.3) is 0 Å². The van der Waals surface area contributed by atoms with Crippen molar-refractivity contribution in [2.45, 2.75) is 20.3 Å². The highest BCUT2D eigenvalue weighted by Crippen LogP contribution is 2.01. The third kappa shape index (κ3) is 6.43. The van der Waals surface area contributed by atoms with Crippen LogP contribution in [0.5, 0.6) is 0 Å². The Balaban J connectivity index is 2.89. The maximum atomic E-state index is 2.35. The zero-order valence-corrected chi connectivity index (χ0v) is 8.21. The summed E-state index contributed by atoms with van der Waals surface area (Å²) in [5.41, 5.74) is 0. The van der Waals surface area contributed by atoms with Crippen molar-refractivity contribution in [3.63, 3.8) is 0 Å². The predicted molar refractivity (Wildman–Crippen MR) is 50.8 cm³/mol. The summed E-state index contributed by atoms with van der Waals surface area (Å²) in [5, 5.41) is 0. The highest BCUT2D eigenvalue weighted by atomic mass is 32.2. The number of thioether (sulfide) groups is 1. The van der Waals surface area contributed by atoms with Crippen molar-refractivity contribution in [2.24, 2.45) is 0 Å². The maximum absolute atomic E-state index is 2.35. The third-order valence-electron chi connectivity index (χ3n) is 1.51. The Bertz CT molecular complexity index is 66.3. The van der Waals surface area contributed by atoms with Gasteiger partial charge in [-0.25, -0.2) is 0 Å². The lowest BCUT2D eigenvalue weighted by Crippen LogP contribution is -2.20. The summed E-state index contributed by atoms with van der Waals surface area (Å²) in [7, 11) is 2.17. The molecule has 0 heterocycles. The molecule has 0 unspecified atom stereocenters. The standard InChI is InChI=1S/C8H19NS/c1-4-7-10-8-6-9(3)5-2/h4-8H2,1-3H3. The molecule has 0 saturated carbocycles. The molecule has 10 heavy (non-hydrogen) atoms. The Hall–Kier alpha value is 0.310. The summed E-state index contributed by atoms with van der Waals surface area (Å²) in [6, 6.07) is 0. The molecule has 0 spiro atoms. The van der Waals surface area contributed by atoms with Gasteiger partial charge < -0.3 is 4.90 Å². The SMILES string of the molecule is CCCSCCN(C)CC.